The van der Waals surface area contributed by atoms with Crippen LogP contribution in [0.2, 0.25) is 0 Å². The number of Topliss-reactive ketones (excluding diaryl/α,β-unsaturated/α-hetero) is 1. The smallest absolute Gasteiger partial charge is 0.287 e. The normalized spacial score (nSPS) is 13.8. The summed E-state index contributed by atoms with van der Waals surface area (Å²) in [6.07, 6.45) is -49.5. The quantitative estimate of drug-likeness (QED) is 0.0659. The highest BCUT2D eigenvalue weighted by Gasteiger charge is 2.47. The van der Waals surface area contributed by atoms with Crippen LogP contribution in [0.3, 0.4) is 0 Å². The Hall–Kier alpha value is -6.55. The van der Waals surface area contributed by atoms with Crippen molar-refractivity contribution in [2.24, 2.45) is 0 Å². The molecule has 0 saturated carbocycles. The molecular formula is C46H26BF24NO2S. The first-order chi connectivity index (χ1) is 33.9. The number of carbonyl (C=O) groups is 1. The fraction of sp³-hybridized carbons (Fsp3) is 0.217. The molecule has 0 aliphatic carbocycles. The topological polar surface area (TPSA) is 38.0 Å². The third kappa shape index (κ3) is 14.0. The van der Waals surface area contributed by atoms with Gasteiger partial charge < -0.3 is 0 Å². The van der Waals surface area contributed by atoms with Gasteiger partial charge in [-0.2, -0.15) is 132 Å². The van der Waals surface area contributed by atoms with Gasteiger partial charge in [0.05, 0.1) is 44.5 Å². The Bertz CT molecular complexity index is 2620. The lowest BCUT2D eigenvalue weighted by atomic mass is 9.12. The minimum atomic E-state index is -6.13. The van der Waals surface area contributed by atoms with Gasteiger partial charge in [-0.3, -0.25) is 9.00 Å². The predicted molar refractivity (Wildman–Crippen MR) is 220 cm³/mol. The van der Waals surface area contributed by atoms with E-state index in [4.69, 9.17) is 0 Å². The van der Waals surface area contributed by atoms with Crippen molar-refractivity contribution in [2.45, 2.75) is 60.9 Å². The van der Waals surface area contributed by atoms with Gasteiger partial charge in [0, 0.05) is 39.6 Å². The molecule has 404 valence electrons. The number of hydrogen-bond acceptors (Lipinski definition) is 2. The Labute approximate surface area is 407 Å². The van der Waals surface area contributed by atoms with Crippen LogP contribution in [0.25, 0.3) is 0 Å². The SMILES string of the molecule is CS(=O)c1ccc(C(=O)C[n+]2ccccc2)cc1.FC(F)(F)c1cc([B-](c2cc(C(F)(F)F)cc(C(F)(F)F)c2)(c2cc(C(F)(F)F)cc(C(F)(F)F)c2)c2cc(C(F)(F)F)cc(C(F)(F)F)c2)cc(C(F)(F)F)c1. The molecule has 1 heterocycles. The van der Waals surface area contributed by atoms with Crippen molar-refractivity contribution in [3.8, 4) is 0 Å². The second-order valence-corrected chi connectivity index (χ2v) is 17.6. The van der Waals surface area contributed by atoms with Gasteiger partial charge in [0.15, 0.2) is 12.4 Å². The van der Waals surface area contributed by atoms with Gasteiger partial charge in [-0.1, -0.05) is 54.6 Å². The van der Waals surface area contributed by atoms with Crippen molar-refractivity contribution >= 4 is 44.6 Å². The summed E-state index contributed by atoms with van der Waals surface area (Å²) in [4.78, 5) is 12.7. The van der Waals surface area contributed by atoms with Crippen LogP contribution in [-0.4, -0.2) is 22.4 Å². The molecule has 1 unspecified atom stereocenters. The van der Waals surface area contributed by atoms with Crippen LogP contribution in [0.15, 0.2) is 133 Å². The van der Waals surface area contributed by atoms with Crippen molar-refractivity contribution in [3.63, 3.8) is 0 Å². The molecule has 6 rings (SSSR count). The molecule has 29 heteroatoms. The fourth-order valence-electron chi connectivity index (χ4n) is 7.70. The van der Waals surface area contributed by atoms with Crippen molar-refractivity contribution < 1.29 is 119 Å². The molecule has 0 saturated heterocycles. The molecule has 0 N–H and O–H groups in total. The average molecular weight is 1120 g/mol. The Balaban J connectivity index is 0.000000483. The molecule has 6 aromatic rings. The van der Waals surface area contributed by atoms with Gasteiger partial charge in [0.2, 0.25) is 12.3 Å². The highest BCUT2D eigenvalue weighted by Crippen LogP contribution is 2.41. The predicted octanol–water partition coefficient (Wildman–Crippen LogP) is 12.8. The van der Waals surface area contributed by atoms with Gasteiger partial charge in [0.1, 0.15) is 6.15 Å². The summed E-state index contributed by atoms with van der Waals surface area (Å²) in [7, 11) is -1.00. The van der Waals surface area contributed by atoms with Crippen LogP contribution in [0.4, 0.5) is 105 Å². The molecule has 0 aliphatic rings. The maximum atomic E-state index is 14.2. The summed E-state index contributed by atoms with van der Waals surface area (Å²) in [5.41, 5.74) is -29.6. The van der Waals surface area contributed by atoms with Gasteiger partial charge in [-0.15, -0.1) is 0 Å². The minimum Gasteiger partial charge on any atom is -0.287 e. The number of hydrogen-bond donors (Lipinski definition) is 0. The van der Waals surface area contributed by atoms with E-state index in [1.807, 2.05) is 35.2 Å². The van der Waals surface area contributed by atoms with Crippen molar-refractivity contribution in [2.75, 3.05) is 6.26 Å². The standard InChI is InChI=1S/C32H12BF24.C14H14NO2S/c34-25(35,36)13-1-14(26(37,38)39)6-21(5-13)33(22-7-15(27(40,41)42)2-16(8-22)28(43,44)45,23-9-17(29(46,47)48)3-18(10-23)30(49,50)51)24-11-19(31(52,53)54)4-20(12-24)32(55,56)57;1-18(17)13-7-5-12(6-8-13)14(16)11-15-9-3-2-4-10-15/h1-12H;2-10H,11H2,1H3/q-1;+1. The van der Waals surface area contributed by atoms with Crippen molar-refractivity contribution in [1.82, 2.24) is 0 Å². The third-order valence-electron chi connectivity index (χ3n) is 11.1. The van der Waals surface area contributed by atoms with E-state index in [9.17, 15) is 114 Å². The van der Waals surface area contributed by atoms with Crippen LogP contribution in [0.1, 0.15) is 54.9 Å². The summed E-state index contributed by atoms with van der Waals surface area (Å²) in [6.45, 7) is 0.315. The van der Waals surface area contributed by atoms with Crippen LogP contribution < -0.4 is 26.4 Å². The number of nitrogens with zero attached hydrogens (tertiary/aromatic N) is 1. The molecule has 0 aliphatic heterocycles. The molecule has 0 bridgehead atoms. The van der Waals surface area contributed by atoms with Crippen LogP contribution in [0.5, 0.6) is 0 Å². The fourth-order valence-corrected chi connectivity index (χ4v) is 8.22. The lowest BCUT2D eigenvalue weighted by Gasteiger charge is -2.46. The molecule has 1 atom stereocenters. The number of halogens is 24. The number of alkyl halides is 24. The van der Waals surface area contributed by atoms with E-state index in [2.05, 4.69) is 0 Å². The Kier molecular flexibility index (Phi) is 16.2. The van der Waals surface area contributed by atoms with E-state index in [1.165, 1.54) is 0 Å². The van der Waals surface area contributed by atoms with Gasteiger partial charge in [-0.25, -0.2) is 0 Å². The summed E-state index contributed by atoms with van der Waals surface area (Å²) in [5, 5.41) is 0. The van der Waals surface area contributed by atoms with Gasteiger partial charge >= 0.3 is 49.4 Å². The molecule has 3 nitrogen and oxygen atoms in total. The van der Waals surface area contributed by atoms with Gasteiger partial charge in [0.25, 0.3) is 0 Å². The van der Waals surface area contributed by atoms with E-state index in [0.29, 0.717) is 12.1 Å². The highest BCUT2D eigenvalue weighted by atomic mass is 32.2. The molecule has 0 spiro atoms. The lowest BCUT2D eigenvalue weighted by molar-refractivity contribution is -0.683. The highest BCUT2D eigenvalue weighted by molar-refractivity contribution is 7.84. The molecular weight excluding hydrogens is 1100 g/mol. The monoisotopic (exact) mass is 1120 g/mol. The molecule has 1 aromatic heterocycles. The van der Waals surface area contributed by atoms with E-state index >= 15 is 0 Å². The first-order valence-electron chi connectivity index (χ1n) is 20.2. The zero-order chi connectivity index (χ0) is 56.9. The number of benzene rings is 5. The number of rotatable bonds is 8. The van der Waals surface area contributed by atoms with Crippen molar-refractivity contribution in [1.29, 1.82) is 0 Å². The summed E-state index contributed by atoms with van der Waals surface area (Å²) in [5.74, 6) is 0.0413. The van der Waals surface area contributed by atoms with Crippen LogP contribution >= 0.6 is 0 Å². The second kappa shape index (κ2) is 20.5. The Morgan fingerprint density at radius 1 is 0.387 bits per heavy atom. The number of pyridine rings is 1. The average Bonchev–Trinajstić information content (AvgIpc) is 3.27. The Morgan fingerprint density at radius 3 is 0.813 bits per heavy atom. The first kappa shape index (κ1) is 59.3. The molecule has 0 amide bonds. The number of ketones is 1. The minimum absolute atomic E-state index is 0.0413. The molecule has 0 fully saturated rings. The Morgan fingerprint density at radius 2 is 0.613 bits per heavy atom. The molecule has 75 heavy (non-hydrogen) atoms. The van der Waals surface area contributed by atoms with Crippen molar-refractivity contribution in [3.05, 3.63) is 178 Å². The van der Waals surface area contributed by atoms with Crippen LogP contribution in [-0.2, 0) is 66.8 Å². The zero-order valence-electron chi connectivity index (χ0n) is 36.7. The lowest BCUT2D eigenvalue weighted by Crippen LogP contribution is -2.75. The van der Waals surface area contributed by atoms with E-state index in [0.717, 1.165) is 4.90 Å². The first-order valence-corrected chi connectivity index (χ1v) is 21.8. The second-order valence-electron chi connectivity index (χ2n) is 16.2. The van der Waals surface area contributed by atoms with E-state index in [1.54, 1.807) is 30.5 Å². The third-order valence-corrected chi connectivity index (χ3v) is 12.0. The molecule has 0 radical (unpaired) electrons. The van der Waals surface area contributed by atoms with E-state index < -0.39 is 206 Å². The zero-order valence-corrected chi connectivity index (χ0v) is 37.5. The summed E-state index contributed by atoms with van der Waals surface area (Å²) < 4.78 is 354. The summed E-state index contributed by atoms with van der Waals surface area (Å²) in [6, 6.07) is 3.79. The largest absolute Gasteiger partial charge is 0.416 e. The maximum Gasteiger partial charge on any atom is 0.416 e. The summed E-state index contributed by atoms with van der Waals surface area (Å²) >= 11 is 0. The van der Waals surface area contributed by atoms with Crippen LogP contribution in [0, 0.1) is 0 Å². The number of carbonyl (C=O) groups excluding carboxylic acids is 1. The maximum absolute atomic E-state index is 14.2. The number of aromatic nitrogens is 1. The van der Waals surface area contributed by atoms with Gasteiger partial charge in [-0.05, 0) is 48.5 Å². The molecule has 5 aromatic carbocycles. The van der Waals surface area contributed by atoms with E-state index in [-0.39, 0.29) is 5.78 Å².